The van der Waals surface area contributed by atoms with Gasteiger partial charge in [0.1, 0.15) is 5.82 Å². The largest absolute Gasteiger partial charge is 0.309 e. The van der Waals surface area contributed by atoms with Crippen LogP contribution in [-0.2, 0) is 16.1 Å². The van der Waals surface area contributed by atoms with Gasteiger partial charge in [-0.05, 0) is 50.1 Å². The molecule has 0 spiro atoms. The van der Waals surface area contributed by atoms with Crippen LogP contribution in [0.3, 0.4) is 0 Å². The average molecular weight is 271 g/mol. The summed E-state index contributed by atoms with van der Waals surface area (Å²) in [6.45, 7) is 3.20. The number of aromatic nitrogens is 1. The summed E-state index contributed by atoms with van der Waals surface area (Å²) in [5.41, 5.74) is 1.89. The molecule has 1 N–H and O–H groups in total. The highest BCUT2D eigenvalue weighted by Crippen LogP contribution is 2.27. The number of pyridine rings is 1. The Balaban J connectivity index is 1.91. The summed E-state index contributed by atoms with van der Waals surface area (Å²) in [4.78, 5) is 29.6. The summed E-state index contributed by atoms with van der Waals surface area (Å²) in [5, 5.41) is 2.90. The maximum atomic E-state index is 12.1. The molecule has 0 radical (unpaired) electrons. The quantitative estimate of drug-likeness (QED) is 0.830. The lowest BCUT2D eigenvalue weighted by atomic mass is 10.1. The number of carbonyl (C=O) groups excluding carboxylic acids is 2. The molecule has 1 saturated heterocycles. The minimum absolute atomic E-state index is 0.00727. The second-order valence-electron chi connectivity index (χ2n) is 5.34. The summed E-state index contributed by atoms with van der Waals surface area (Å²) in [6, 6.07) is 1.96. The van der Waals surface area contributed by atoms with E-state index in [9.17, 15) is 9.59 Å². The SMILES string of the molecule is CC(=O)/C=C/c1cnc2c(c1)CN1CCC[C@@H]1C(=O)N2. The zero-order valence-electron chi connectivity index (χ0n) is 11.4. The van der Waals surface area contributed by atoms with Crippen molar-refractivity contribution in [3.63, 3.8) is 0 Å². The van der Waals surface area contributed by atoms with E-state index in [4.69, 9.17) is 0 Å². The van der Waals surface area contributed by atoms with Crippen LogP contribution < -0.4 is 5.32 Å². The molecule has 0 saturated carbocycles. The predicted molar refractivity (Wildman–Crippen MR) is 76.0 cm³/mol. The van der Waals surface area contributed by atoms with Crippen LogP contribution in [0.15, 0.2) is 18.3 Å². The van der Waals surface area contributed by atoms with Crippen molar-refractivity contribution >= 4 is 23.6 Å². The second-order valence-corrected chi connectivity index (χ2v) is 5.34. The average Bonchev–Trinajstić information content (AvgIpc) is 2.82. The molecule has 1 aromatic rings. The predicted octanol–water partition coefficient (Wildman–Crippen LogP) is 1.60. The van der Waals surface area contributed by atoms with Gasteiger partial charge in [-0.25, -0.2) is 4.98 Å². The first kappa shape index (κ1) is 13.0. The first-order valence-corrected chi connectivity index (χ1v) is 6.86. The van der Waals surface area contributed by atoms with E-state index in [2.05, 4.69) is 15.2 Å². The van der Waals surface area contributed by atoms with Gasteiger partial charge in [-0.3, -0.25) is 14.5 Å². The Bertz CT molecular complexity index is 595. The molecule has 0 bridgehead atoms. The molecule has 3 rings (SSSR count). The number of allylic oxidation sites excluding steroid dienone is 1. The summed E-state index contributed by atoms with van der Waals surface area (Å²) in [5.74, 6) is 0.693. The molecule has 1 amide bonds. The fourth-order valence-corrected chi connectivity index (χ4v) is 2.80. The van der Waals surface area contributed by atoms with E-state index in [-0.39, 0.29) is 17.7 Å². The molecule has 0 unspecified atom stereocenters. The van der Waals surface area contributed by atoms with E-state index >= 15 is 0 Å². The first-order valence-electron chi connectivity index (χ1n) is 6.86. The number of hydrogen-bond donors (Lipinski definition) is 1. The van der Waals surface area contributed by atoms with Gasteiger partial charge in [0.25, 0.3) is 0 Å². The topological polar surface area (TPSA) is 62.3 Å². The van der Waals surface area contributed by atoms with E-state index in [0.29, 0.717) is 5.82 Å². The smallest absolute Gasteiger partial charge is 0.242 e. The molecule has 3 heterocycles. The van der Waals surface area contributed by atoms with Crippen molar-refractivity contribution in [2.24, 2.45) is 0 Å². The third kappa shape index (κ3) is 2.49. The van der Waals surface area contributed by atoms with Gasteiger partial charge in [0.2, 0.25) is 5.91 Å². The van der Waals surface area contributed by atoms with Crippen LogP contribution in [-0.4, -0.2) is 34.2 Å². The minimum Gasteiger partial charge on any atom is -0.309 e. The lowest BCUT2D eigenvalue weighted by molar-refractivity contribution is -0.120. The van der Waals surface area contributed by atoms with Crippen LogP contribution in [0.4, 0.5) is 5.82 Å². The van der Waals surface area contributed by atoms with Crippen molar-refractivity contribution in [2.75, 3.05) is 11.9 Å². The third-order valence-corrected chi connectivity index (χ3v) is 3.78. The van der Waals surface area contributed by atoms with Crippen LogP contribution >= 0.6 is 0 Å². The molecule has 5 nitrogen and oxygen atoms in total. The Morgan fingerprint density at radius 1 is 1.55 bits per heavy atom. The van der Waals surface area contributed by atoms with E-state index in [1.807, 2.05) is 6.07 Å². The highest BCUT2D eigenvalue weighted by Gasteiger charge is 2.34. The molecule has 0 aliphatic carbocycles. The maximum Gasteiger partial charge on any atom is 0.242 e. The molecule has 2 aliphatic rings. The molecular formula is C15H17N3O2. The first-order chi connectivity index (χ1) is 9.63. The fraction of sp³-hybridized carbons (Fsp3) is 0.400. The normalized spacial score (nSPS) is 22.2. The Kier molecular flexibility index (Phi) is 3.36. The van der Waals surface area contributed by atoms with E-state index in [0.717, 1.165) is 37.1 Å². The molecule has 1 fully saturated rings. The van der Waals surface area contributed by atoms with Crippen LogP contribution in [0.25, 0.3) is 6.08 Å². The lowest BCUT2D eigenvalue weighted by Crippen LogP contribution is -2.36. The van der Waals surface area contributed by atoms with Crippen LogP contribution in [0, 0.1) is 0 Å². The Hall–Kier alpha value is -2.01. The number of carbonyl (C=O) groups is 2. The maximum absolute atomic E-state index is 12.1. The van der Waals surface area contributed by atoms with Crippen molar-refractivity contribution in [3.05, 3.63) is 29.5 Å². The Morgan fingerprint density at radius 3 is 3.20 bits per heavy atom. The monoisotopic (exact) mass is 271 g/mol. The molecule has 5 heteroatoms. The van der Waals surface area contributed by atoms with E-state index in [1.165, 1.54) is 13.0 Å². The number of rotatable bonds is 2. The lowest BCUT2D eigenvalue weighted by Gasteiger charge is -2.19. The van der Waals surface area contributed by atoms with Gasteiger partial charge >= 0.3 is 0 Å². The van der Waals surface area contributed by atoms with Gasteiger partial charge in [0.05, 0.1) is 6.04 Å². The Labute approximate surface area is 117 Å². The number of fused-ring (bicyclic) bond motifs is 2. The number of hydrogen-bond acceptors (Lipinski definition) is 4. The number of nitrogens with one attached hydrogen (secondary N) is 1. The number of anilines is 1. The molecule has 0 aromatic carbocycles. The summed E-state index contributed by atoms with van der Waals surface area (Å²) in [6.07, 6.45) is 6.93. The van der Waals surface area contributed by atoms with Gasteiger partial charge in [-0.2, -0.15) is 0 Å². The summed E-state index contributed by atoms with van der Waals surface area (Å²) in [7, 11) is 0. The van der Waals surface area contributed by atoms with Gasteiger partial charge in [-0.15, -0.1) is 0 Å². The number of nitrogens with zero attached hydrogens (tertiary/aromatic N) is 2. The molecule has 104 valence electrons. The summed E-state index contributed by atoms with van der Waals surface area (Å²) >= 11 is 0. The van der Waals surface area contributed by atoms with Crippen molar-refractivity contribution in [2.45, 2.75) is 32.4 Å². The van der Waals surface area contributed by atoms with Gasteiger partial charge < -0.3 is 5.32 Å². The van der Waals surface area contributed by atoms with Crippen molar-refractivity contribution < 1.29 is 9.59 Å². The molecule has 2 aliphatic heterocycles. The van der Waals surface area contributed by atoms with Gasteiger partial charge in [-0.1, -0.05) is 0 Å². The highest BCUT2D eigenvalue weighted by molar-refractivity contribution is 5.95. The second kappa shape index (κ2) is 5.17. The van der Waals surface area contributed by atoms with Gasteiger partial charge in [0, 0.05) is 18.3 Å². The fourth-order valence-electron chi connectivity index (χ4n) is 2.80. The zero-order chi connectivity index (χ0) is 14.1. The van der Waals surface area contributed by atoms with Crippen LogP contribution in [0.5, 0.6) is 0 Å². The molecule has 1 atom stereocenters. The highest BCUT2D eigenvalue weighted by atomic mass is 16.2. The van der Waals surface area contributed by atoms with Crippen molar-refractivity contribution in [3.8, 4) is 0 Å². The van der Waals surface area contributed by atoms with Crippen molar-refractivity contribution in [1.82, 2.24) is 9.88 Å². The van der Waals surface area contributed by atoms with Gasteiger partial charge in [0.15, 0.2) is 5.78 Å². The molecular weight excluding hydrogens is 254 g/mol. The summed E-state index contributed by atoms with van der Waals surface area (Å²) < 4.78 is 0. The number of amides is 1. The molecule has 20 heavy (non-hydrogen) atoms. The minimum atomic E-state index is -0.0274. The van der Waals surface area contributed by atoms with Crippen LogP contribution in [0.1, 0.15) is 30.9 Å². The third-order valence-electron chi connectivity index (χ3n) is 3.78. The van der Waals surface area contributed by atoms with E-state index < -0.39 is 0 Å². The zero-order valence-corrected chi connectivity index (χ0v) is 11.4. The van der Waals surface area contributed by atoms with Crippen LogP contribution in [0.2, 0.25) is 0 Å². The van der Waals surface area contributed by atoms with Crippen molar-refractivity contribution in [1.29, 1.82) is 0 Å². The molecule has 1 aromatic heterocycles. The standard InChI is InChI=1S/C15H17N3O2/c1-10(19)4-5-11-7-12-9-18-6-2-3-13(18)15(20)17-14(12)16-8-11/h4-5,7-8,13H,2-3,6,9H2,1H3,(H,16,17,20)/b5-4+/t13-/m1/s1. The number of ketones is 1. The van der Waals surface area contributed by atoms with E-state index in [1.54, 1.807) is 12.3 Å². The Morgan fingerprint density at radius 2 is 2.40 bits per heavy atom.